The third-order valence-corrected chi connectivity index (χ3v) is 15.5. The van der Waals surface area contributed by atoms with Gasteiger partial charge in [-0.15, -0.1) is 0 Å². The molecule has 0 aromatic carbocycles. The molecule has 4 rings (SSSR count). The number of ketones is 3. The van der Waals surface area contributed by atoms with Gasteiger partial charge >= 0.3 is 5.97 Å². The highest BCUT2D eigenvalue weighted by atomic mass is 31.2. The Hall–Kier alpha value is -3.14. The number of allylic oxidation sites excluding steroid dienone is 6. The van der Waals surface area contributed by atoms with Gasteiger partial charge in [-0.2, -0.15) is 0 Å². The first-order valence-electron chi connectivity index (χ1n) is 26.5. The monoisotopic (exact) mass is 993 g/mol. The summed E-state index contributed by atoms with van der Waals surface area (Å²) in [7, 11) is -2.69. The smallest absolute Gasteiger partial charge is 0.329 e. The summed E-state index contributed by atoms with van der Waals surface area (Å²) < 4.78 is 71.5. The molecule has 390 valence electrons. The van der Waals surface area contributed by atoms with Crippen LogP contribution in [0, 0.1) is 35.5 Å². The number of Topliss-reactive ketones (excluding diaryl/α,β-unsaturated/α-hetero) is 3. The van der Waals surface area contributed by atoms with Gasteiger partial charge in [0.05, 0.1) is 28.5 Å². The van der Waals surface area contributed by atoms with E-state index in [0.717, 1.165) is 4.90 Å². The molecule has 15 atom stereocenters. The normalized spacial score (nSPS) is 38.6. The van der Waals surface area contributed by atoms with E-state index in [9.17, 15) is 38.8 Å². The van der Waals surface area contributed by atoms with E-state index in [1.807, 2.05) is 19.9 Å². The standard InChI is InChI=1S/C53H84NO14P/c1-32-18-14-13-15-19-33(2)44(63-8)30-40-23-21-38(7)53(61,67-40)50(58)51(59)54-25-17-16-20-41(54)52(60)66-45(35(4)28-39-22-24-43(46(29-39)64-9)68-69(11,12)62)31-42(55)34(3)27-37(6)48(57)49(65-10)47(56)36(5)26-32/h13-15,18-19,27,32,34-36,38-41,43-46,48-49,57,61H,16-17,20-26,28-31H2,1-12H3/b15-13?,18-14+,33-19?,37-27+/t32-,34-,35-,36-,38-,39+,40+,41+,43-,44+,45+,46-,48-,49+,53-/m1/s1/i8D3. The molecular formula is C53H84NO14P. The maximum absolute atomic E-state index is 14.5. The fourth-order valence-electron chi connectivity index (χ4n) is 10.4. The topological polar surface area (TPSA) is 201 Å². The van der Waals surface area contributed by atoms with E-state index in [2.05, 4.69) is 0 Å². The van der Waals surface area contributed by atoms with Crippen molar-refractivity contribution in [2.45, 2.75) is 180 Å². The maximum atomic E-state index is 14.5. The van der Waals surface area contributed by atoms with Crippen LogP contribution in [0.3, 0.4) is 0 Å². The number of esters is 1. The lowest BCUT2D eigenvalue weighted by Crippen LogP contribution is -2.61. The summed E-state index contributed by atoms with van der Waals surface area (Å²) in [6.45, 7) is 15.3. The summed E-state index contributed by atoms with van der Waals surface area (Å²) in [5.41, 5.74) is 0.870. The van der Waals surface area contributed by atoms with Crippen LogP contribution in [0.4, 0.5) is 0 Å². The van der Waals surface area contributed by atoms with Crippen molar-refractivity contribution in [1.29, 1.82) is 0 Å². The summed E-state index contributed by atoms with van der Waals surface area (Å²) in [4.78, 5) is 72.4. The van der Waals surface area contributed by atoms with Crippen molar-refractivity contribution >= 4 is 36.6 Å². The third kappa shape index (κ3) is 16.2. The molecule has 1 saturated carbocycles. The Balaban J connectivity index is 1.73. The number of rotatable bonds is 8. The van der Waals surface area contributed by atoms with Crippen molar-refractivity contribution < 1.29 is 71.1 Å². The average molecular weight is 993 g/mol. The molecule has 0 spiro atoms. The Morgan fingerprint density at radius 3 is 2.29 bits per heavy atom. The molecule has 2 saturated heterocycles. The van der Waals surface area contributed by atoms with Crippen LogP contribution in [0.5, 0.6) is 0 Å². The summed E-state index contributed by atoms with van der Waals surface area (Å²) in [5, 5.41) is 23.5. The van der Waals surface area contributed by atoms with Gasteiger partial charge in [0.2, 0.25) is 5.79 Å². The Bertz CT molecular complexity index is 2050. The van der Waals surface area contributed by atoms with E-state index in [-0.39, 0.29) is 67.8 Å². The number of aliphatic hydroxyl groups is 2. The number of nitrogens with zero attached hydrogens (tertiary/aromatic N) is 1. The number of carbonyl (C=O) groups is 5. The van der Waals surface area contributed by atoms with E-state index < -0.39 is 98.1 Å². The lowest BCUT2D eigenvalue weighted by atomic mass is 9.78. The van der Waals surface area contributed by atoms with Gasteiger partial charge in [-0.1, -0.05) is 71.1 Å². The zero-order chi connectivity index (χ0) is 53.9. The van der Waals surface area contributed by atoms with Gasteiger partial charge in [-0.05, 0) is 107 Å². The molecule has 3 fully saturated rings. The Morgan fingerprint density at radius 1 is 0.899 bits per heavy atom. The summed E-state index contributed by atoms with van der Waals surface area (Å²) in [6, 6.07) is -1.23. The minimum Gasteiger partial charge on any atom is -0.460 e. The summed E-state index contributed by atoms with van der Waals surface area (Å²) in [5.74, 6) is -8.97. The molecule has 0 unspecified atom stereocenters. The maximum Gasteiger partial charge on any atom is 0.329 e. The van der Waals surface area contributed by atoms with Crippen molar-refractivity contribution in [3.63, 3.8) is 0 Å². The number of hydrogen-bond acceptors (Lipinski definition) is 14. The fraction of sp³-hybridized carbons (Fsp3) is 0.755. The van der Waals surface area contributed by atoms with E-state index in [1.54, 1.807) is 85.4 Å². The summed E-state index contributed by atoms with van der Waals surface area (Å²) in [6.07, 6.45) is 8.50. The lowest BCUT2D eigenvalue weighted by molar-refractivity contribution is -0.265. The first kappa shape index (κ1) is 53.7. The highest BCUT2D eigenvalue weighted by molar-refractivity contribution is 7.57. The van der Waals surface area contributed by atoms with Crippen LogP contribution >= 0.6 is 7.37 Å². The number of ether oxygens (including phenoxy) is 5. The van der Waals surface area contributed by atoms with Crippen molar-refractivity contribution in [3.05, 3.63) is 47.6 Å². The van der Waals surface area contributed by atoms with Gasteiger partial charge in [0.25, 0.3) is 11.7 Å². The van der Waals surface area contributed by atoms with Gasteiger partial charge < -0.3 is 43.3 Å². The molecule has 0 radical (unpaired) electrons. The van der Waals surface area contributed by atoms with Gasteiger partial charge in [-0.25, -0.2) is 4.79 Å². The van der Waals surface area contributed by atoms with Crippen molar-refractivity contribution in [2.75, 3.05) is 41.1 Å². The van der Waals surface area contributed by atoms with E-state index in [4.69, 9.17) is 32.3 Å². The SMILES string of the molecule is [2H]C([2H])([2H])O[C@H]1C[C@@H]2CC[C@@H](C)[C@@](O)(O2)C(=O)C(=O)N2CCCC[C@H]2C(=O)O[C@H]([C@H](C)C[C@@H]2CC[C@@H](OP(C)(C)=O)[C@H](OC)C2)CC(=O)[C@H](C)/C=C(\C)[C@@H](O)[C@@H](OC)C(=O)[C@H](C)C[C@H](C)/C=C/C=CC=C1C. The fourth-order valence-corrected chi connectivity index (χ4v) is 11.3. The van der Waals surface area contributed by atoms with Crippen LogP contribution in [0.25, 0.3) is 0 Å². The molecule has 1 aliphatic carbocycles. The molecule has 2 N–H and O–H groups in total. The quantitative estimate of drug-likeness (QED) is 0.104. The zero-order valence-electron chi connectivity index (χ0n) is 45.9. The molecule has 4 aliphatic rings. The van der Waals surface area contributed by atoms with Gasteiger partial charge in [-0.3, -0.25) is 23.7 Å². The number of carbonyl (C=O) groups excluding carboxylic acids is 5. The Morgan fingerprint density at radius 2 is 1.62 bits per heavy atom. The van der Waals surface area contributed by atoms with Crippen LogP contribution in [0.2, 0.25) is 0 Å². The molecule has 2 bridgehead atoms. The van der Waals surface area contributed by atoms with Crippen molar-refractivity contribution in [1.82, 2.24) is 4.90 Å². The van der Waals surface area contributed by atoms with E-state index in [0.29, 0.717) is 62.5 Å². The van der Waals surface area contributed by atoms with E-state index in [1.165, 1.54) is 7.11 Å². The lowest BCUT2D eigenvalue weighted by Gasteiger charge is -2.42. The summed E-state index contributed by atoms with van der Waals surface area (Å²) >= 11 is 0. The third-order valence-electron chi connectivity index (χ3n) is 14.7. The van der Waals surface area contributed by atoms with Gasteiger partial charge in [0.1, 0.15) is 30.1 Å². The second-order valence-electron chi connectivity index (χ2n) is 20.8. The number of methoxy groups -OCH3 is 3. The van der Waals surface area contributed by atoms with Crippen LogP contribution in [0.15, 0.2) is 47.6 Å². The van der Waals surface area contributed by atoms with E-state index >= 15 is 0 Å². The molecule has 0 aromatic heterocycles. The predicted octanol–water partition coefficient (Wildman–Crippen LogP) is 7.74. The molecule has 16 heteroatoms. The van der Waals surface area contributed by atoms with Crippen LogP contribution in [0.1, 0.15) is 130 Å². The van der Waals surface area contributed by atoms with Gasteiger partial charge in [0.15, 0.2) is 13.2 Å². The highest BCUT2D eigenvalue weighted by Crippen LogP contribution is 2.45. The second kappa shape index (κ2) is 26.5. The average Bonchev–Trinajstić information content (AvgIpc) is 3.30. The first-order valence-corrected chi connectivity index (χ1v) is 27.5. The number of fused-ring (bicyclic) bond motifs is 3. The molecule has 69 heavy (non-hydrogen) atoms. The molecule has 3 heterocycles. The van der Waals surface area contributed by atoms with Crippen LogP contribution in [-0.2, 0) is 56.7 Å². The molecule has 0 aromatic rings. The molecule has 3 aliphatic heterocycles. The highest BCUT2D eigenvalue weighted by Gasteiger charge is 2.53. The minimum atomic E-state index is -2.81. The van der Waals surface area contributed by atoms with Gasteiger partial charge in [0, 0.05) is 71.7 Å². The van der Waals surface area contributed by atoms with Crippen LogP contribution in [-0.4, -0.2) is 140 Å². The molecule has 15 nitrogen and oxygen atoms in total. The first-order chi connectivity index (χ1) is 33.6. The minimum absolute atomic E-state index is 0.0107. The largest absolute Gasteiger partial charge is 0.460 e. The number of amides is 1. The second-order valence-corrected chi connectivity index (χ2v) is 23.5. The number of cyclic esters (lactones) is 1. The number of hydrogen-bond donors (Lipinski definition) is 2. The Kier molecular flexibility index (Phi) is 20.6. The molecule has 1 amide bonds. The molecular weight excluding hydrogens is 906 g/mol. The Labute approximate surface area is 415 Å². The number of aliphatic hydroxyl groups excluding tert-OH is 1. The zero-order valence-corrected chi connectivity index (χ0v) is 43.8. The number of piperidine rings is 1. The van der Waals surface area contributed by atoms with Crippen molar-refractivity contribution in [2.24, 2.45) is 35.5 Å². The van der Waals surface area contributed by atoms with Crippen molar-refractivity contribution in [3.8, 4) is 0 Å². The predicted molar refractivity (Wildman–Crippen MR) is 263 cm³/mol. The van der Waals surface area contributed by atoms with Crippen LogP contribution < -0.4 is 0 Å².